The van der Waals surface area contributed by atoms with Crippen LogP contribution in [-0.4, -0.2) is 49.1 Å². The minimum atomic E-state index is 0.0363. The summed E-state index contributed by atoms with van der Waals surface area (Å²) in [7, 11) is 0. The molecule has 0 radical (unpaired) electrons. The molecule has 0 aromatic rings. The predicted octanol–water partition coefficient (Wildman–Crippen LogP) is 1.76. The molecule has 0 aromatic carbocycles. The molecule has 2 rings (SSSR count). The maximum Gasteiger partial charge on any atom is 0.237 e. The minimum Gasteiger partial charge on any atom is -0.355 e. The standard InChI is InChI=1S/C16H31N3O/c1-3-4-9-18-16(20)13(2)19-12-5-6-15(19)14-7-10-17-11-8-14/h13-15,17H,3-12H2,1-2H3,(H,18,20). The maximum atomic E-state index is 12.3. The van der Waals surface area contributed by atoms with Crippen LogP contribution in [0.3, 0.4) is 0 Å². The number of rotatable bonds is 6. The number of hydrogen-bond donors (Lipinski definition) is 2. The molecule has 0 aliphatic carbocycles. The SMILES string of the molecule is CCCCNC(=O)C(C)N1CCCC1C1CCNCC1. The van der Waals surface area contributed by atoms with Crippen molar-refractivity contribution in [1.29, 1.82) is 0 Å². The molecule has 2 N–H and O–H groups in total. The first kappa shape index (κ1) is 15.8. The van der Waals surface area contributed by atoms with Crippen molar-refractivity contribution < 1.29 is 4.79 Å². The Labute approximate surface area is 123 Å². The molecule has 116 valence electrons. The molecule has 0 saturated carbocycles. The van der Waals surface area contributed by atoms with Gasteiger partial charge < -0.3 is 10.6 Å². The zero-order valence-corrected chi connectivity index (χ0v) is 13.2. The van der Waals surface area contributed by atoms with Gasteiger partial charge in [0.1, 0.15) is 0 Å². The van der Waals surface area contributed by atoms with Crippen LogP contribution in [0.25, 0.3) is 0 Å². The van der Waals surface area contributed by atoms with Crippen molar-refractivity contribution in [2.45, 2.75) is 64.5 Å². The van der Waals surface area contributed by atoms with E-state index in [2.05, 4.69) is 29.4 Å². The number of likely N-dealkylation sites (tertiary alicyclic amines) is 1. The third kappa shape index (κ3) is 3.95. The van der Waals surface area contributed by atoms with Crippen LogP contribution in [0, 0.1) is 5.92 Å². The topological polar surface area (TPSA) is 44.4 Å². The van der Waals surface area contributed by atoms with Crippen LogP contribution in [0.15, 0.2) is 0 Å². The van der Waals surface area contributed by atoms with E-state index in [1.54, 1.807) is 0 Å². The summed E-state index contributed by atoms with van der Waals surface area (Å²) in [6.45, 7) is 8.45. The van der Waals surface area contributed by atoms with Gasteiger partial charge in [-0.15, -0.1) is 0 Å². The van der Waals surface area contributed by atoms with Crippen molar-refractivity contribution in [2.75, 3.05) is 26.2 Å². The number of carbonyl (C=O) groups excluding carboxylic acids is 1. The highest BCUT2D eigenvalue weighted by Crippen LogP contribution is 2.30. The van der Waals surface area contributed by atoms with Gasteiger partial charge in [0, 0.05) is 12.6 Å². The highest BCUT2D eigenvalue weighted by molar-refractivity contribution is 5.81. The van der Waals surface area contributed by atoms with Crippen molar-refractivity contribution in [3.8, 4) is 0 Å². The second-order valence-electron chi connectivity index (χ2n) is 6.36. The van der Waals surface area contributed by atoms with Crippen molar-refractivity contribution in [3.63, 3.8) is 0 Å². The second kappa shape index (κ2) is 7.99. The molecule has 2 aliphatic heterocycles. The lowest BCUT2D eigenvalue weighted by molar-refractivity contribution is -0.126. The third-order valence-corrected chi connectivity index (χ3v) is 4.98. The zero-order valence-electron chi connectivity index (χ0n) is 13.2. The molecule has 0 aromatic heterocycles. The van der Waals surface area contributed by atoms with Crippen molar-refractivity contribution in [3.05, 3.63) is 0 Å². The van der Waals surface area contributed by atoms with Gasteiger partial charge in [-0.25, -0.2) is 0 Å². The lowest BCUT2D eigenvalue weighted by Gasteiger charge is -2.37. The molecule has 0 spiro atoms. The van der Waals surface area contributed by atoms with Gasteiger partial charge >= 0.3 is 0 Å². The Kier molecular flexibility index (Phi) is 6.30. The fourth-order valence-corrected chi connectivity index (χ4v) is 3.72. The number of piperidine rings is 1. The lowest BCUT2D eigenvalue weighted by Crippen LogP contribution is -2.50. The smallest absolute Gasteiger partial charge is 0.237 e. The van der Waals surface area contributed by atoms with E-state index in [4.69, 9.17) is 0 Å². The van der Waals surface area contributed by atoms with E-state index in [1.165, 1.54) is 25.7 Å². The number of unbranched alkanes of at least 4 members (excludes halogenated alkanes) is 1. The van der Waals surface area contributed by atoms with Crippen molar-refractivity contribution in [1.82, 2.24) is 15.5 Å². The second-order valence-corrected chi connectivity index (χ2v) is 6.36. The van der Waals surface area contributed by atoms with E-state index in [-0.39, 0.29) is 11.9 Å². The molecule has 2 unspecified atom stereocenters. The normalized spacial score (nSPS) is 26.6. The first-order chi connectivity index (χ1) is 9.74. The van der Waals surface area contributed by atoms with Crippen molar-refractivity contribution in [2.24, 2.45) is 5.92 Å². The molecular weight excluding hydrogens is 250 g/mol. The minimum absolute atomic E-state index is 0.0363. The van der Waals surface area contributed by atoms with Crippen LogP contribution in [0.5, 0.6) is 0 Å². The summed E-state index contributed by atoms with van der Waals surface area (Å²) < 4.78 is 0. The summed E-state index contributed by atoms with van der Waals surface area (Å²) in [5.41, 5.74) is 0. The van der Waals surface area contributed by atoms with E-state index in [9.17, 15) is 4.79 Å². The number of carbonyl (C=O) groups is 1. The summed E-state index contributed by atoms with van der Waals surface area (Å²) >= 11 is 0. The first-order valence-corrected chi connectivity index (χ1v) is 8.48. The van der Waals surface area contributed by atoms with Gasteiger partial charge in [-0.3, -0.25) is 9.69 Å². The van der Waals surface area contributed by atoms with Gasteiger partial charge in [-0.1, -0.05) is 13.3 Å². The van der Waals surface area contributed by atoms with Gasteiger partial charge in [0.2, 0.25) is 5.91 Å². The van der Waals surface area contributed by atoms with Crippen molar-refractivity contribution >= 4 is 5.91 Å². The average Bonchev–Trinajstić information content (AvgIpc) is 2.97. The van der Waals surface area contributed by atoms with Crippen LogP contribution in [0.4, 0.5) is 0 Å². The largest absolute Gasteiger partial charge is 0.355 e. The summed E-state index contributed by atoms with van der Waals surface area (Å²) in [6.07, 6.45) is 7.28. The highest BCUT2D eigenvalue weighted by atomic mass is 16.2. The number of hydrogen-bond acceptors (Lipinski definition) is 3. The Balaban J connectivity index is 1.86. The molecule has 2 heterocycles. The summed E-state index contributed by atoms with van der Waals surface area (Å²) in [5.74, 6) is 1.00. The average molecular weight is 281 g/mol. The summed E-state index contributed by atoms with van der Waals surface area (Å²) in [6, 6.07) is 0.665. The Morgan fingerprint density at radius 3 is 2.80 bits per heavy atom. The van der Waals surface area contributed by atoms with Crippen LogP contribution in [0.1, 0.15) is 52.4 Å². The van der Waals surface area contributed by atoms with Gasteiger partial charge in [0.25, 0.3) is 0 Å². The lowest BCUT2D eigenvalue weighted by atomic mass is 9.88. The first-order valence-electron chi connectivity index (χ1n) is 8.48. The van der Waals surface area contributed by atoms with E-state index < -0.39 is 0 Å². The Morgan fingerprint density at radius 1 is 1.35 bits per heavy atom. The molecule has 2 atom stereocenters. The third-order valence-electron chi connectivity index (χ3n) is 4.98. The van der Waals surface area contributed by atoms with E-state index >= 15 is 0 Å². The molecule has 4 heteroatoms. The quantitative estimate of drug-likeness (QED) is 0.729. The van der Waals surface area contributed by atoms with Crippen LogP contribution in [-0.2, 0) is 4.79 Å². The number of amides is 1. The van der Waals surface area contributed by atoms with Gasteiger partial charge in [-0.2, -0.15) is 0 Å². The van der Waals surface area contributed by atoms with Crippen LogP contribution >= 0.6 is 0 Å². The Morgan fingerprint density at radius 2 is 2.10 bits per heavy atom. The summed E-state index contributed by atoms with van der Waals surface area (Å²) in [4.78, 5) is 14.7. The van der Waals surface area contributed by atoms with Crippen LogP contribution < -0.4 is 10.6 Å². The van der Waals surface area contributed by atoms with E-state index in [0.717, 1.165) is 44.9 Å². The summed E-state index contributed by atoms with van der Waals surface area (Å²) in [5, 5.41) is 6.53. The van der Waals surface area contributed by atoms with Gasteiger partial charge in [0.15, 0.2) is 0 Å². The monoisotopic (exact) mass is 281 g/mol. The molecule has 20 heavy (non-hydrogen) atoms. The molecule has 4 nitrogen and oxygen atoms in total. The molecule has 1 amide bonds. The van der Waals surface area contributed by atoms with Gasteiger partial charge in [-0.05, 0) is 64.6 Å². The molecule has 2 fully saturated rings. The zero-order chi connectivity index (χ0) is 14.4. The molecule has 0 bridgehead atoms. The molecule has 2 aliphatic rings. The number of nitrogens with zero attached hydrogens (tertiary/aromatic N) is 1. The fourth-order valence-electron chi connectivity index (χ4n) is 3.72. The van der Waals surface area contributed by atoms with E-state index in [0.29, 0.717) is 6.04 Å². The van der Waals surface area contributed by atoms with E-state index in [1.807, 2.05) is 0 Å². The highest BCUT2D eigenvalue weighted by Gasteiger charge is 2.36. The Hall–Kier alpha value is -0.610. The maximum absolute atomic E-state index is 12.3. The van der Waals surface area contributed by atoms with Crippen LogP contribution in [0.2, 0.25) is 0 Å². The fraction of sp³-hybridized carbons (Fsp3) is 0.938. The molecule has 2 saturated heterocycles. The molecular formula is C16H31N3O. The predicted molar refractivity (Wildman–Crippen MR) is 82.7 cm³/mol. The Bertz CT molecular complexity index is 302. The van der Waals surface area contributed by atoms with Gasteiger partial charge in [0.05, 0.1) is 6.04 Å². The number of nitrogens with one attached hydrogen (secondary N) is 2.